The van der Waals surface area contributed by atoms with Crippen molar-refractivity contribution in [2.45, 2.75) is 11.8 Å². The number of anilines is 1. The van der Waals surface area contributed by atoms with Crippen LogP contribution in [0.3, 0.4) is 0 Å². The molecule has 2 aromatic heterocycles. The number of rotatable bonds is 4. The van der Waals surface area contributed by atoms with Gasteiger partial charge in [-0.3, -0.25) is 5.10 Å². The molecule has 0 unspecified atom stereocenters. The van der Waals surface area contributed by atoms with Crippen LogP contribution in [0.4, 0.5) is 5.82 Å². The molecule has 0 amide bonds. The van der Waals surface area contributed by atoms with E-state index in [-0.39, 0.29) is 5.41 Å². The summed E-state index contributed by atoms with van der Waals surface area (Å²) in [5.74, 6) is 2.00. The summed E-state index contributed by atoms with van der Waals surface area (Å²) < 4.78 is 0. The number of piperidine rings is 1. The van der Waals surface area contributed by atoms with Crippen LogP contribution in [0.2, 0.25) is 10.0 Å². The Labute approximate surface area is 195 Å². The fraction of sp³-hybridized carbons (Fsp3) is 0.292. The summed E-state index contributed by atoms with van der Waals surface area (Å²) >= 11 is 12.6. The Morgan fingerprint density at radius 1 is 1.09 bits per heavy atom. The Bertz CT molecular complexity index is 1310. The summed E-state index contributed by atoms with van der Waals surface area (Å²) in [4.78, 5) is 11.8. The highest BCUT2D eigenvalue weighted by Crippen LogP contribution is 2.63. The molecule has 8 heteroatoms. The van der Waals surface area contributed by atoms with E-state index in [4.69, 9.17) is 38.9 Å². The maximum absolute atomic E-state index is 6.40. The summed E-state index contributed by atoms with van der Waals surface area (Å²) in [5.41, 5.74) is 10.5. The van der Waals surface area contributed by atoms with Crippen LogP contribution in [-0.4, -0.2) is 39.8 Å². The topological polar surface area (TPSA) is 83.7 Å². The molecule has 4 aromatic rings. The fourth-order valence-corrected chi connectivity index (χ4v) is 6.00. The highest BCUT2D eigenvalue weighted by Gasteiger charge is 2.65. The molecule has 2 aliphatic rings. The lowest BCUT2D eigenvalue weighted by molar-refractivity contribution is 0.545. The van der Waals surface area contributed by atoms with Gasteiger partial charge in [-0.05, 0) is 29.9 Å². The minimum Gasteiger partial charge on any atom is -0.355 e. The van der Waals surface area contributed by atoms with Crippen molar-refractivity contribution in [3.05, 3.63) is 70.3 Å². The number of aromatic nitrogens is 4. The van der Waals surface area contributed by atoms with Crippen LogP contribution in [0.15, 0.2) is 54.7 Å². The maximum Gasteiger partial charge on any atom is 0.202 e. The second kappa shape index (κ2) is 7.44. The van der Waals surface area contributed by atoms with Crippen molar-refractivity contribution in [2.75, 3.05) is 24.5 Å². The van der Waals surface area contributed by atoms with Gasteiger partial charge in [-0.1, -0.05) is 65.7 Å². The van der Waals surface area contributed by atoms with Crippen LogP contribution in [-0.2, 0) is 5.41 Å². The summed E-state index contributed by atoms with van der Waals surface area (Å²) in [7, 11) is 0. The molecule has 1 saturated carbocycles. The Morgan fingerprint density at radius 3 is 2.75 bits per heavy atom. The molecule has 1 aliphatic heterocycles. The minimum atomic E-state index is 0.0797. The molecule has 0 radical (unpaired) electrons. The third kappa shape index (κ3) is 2.86. The lowest BCUT2D eigenvalue weighted by Crippen LogP contribution is -2.32. The van der Waals surface area contributed by atoms with Gasteiger partial charge in [0.2, 0.25) is 5.65 Å². The van der Waals surface area contributed by atoms with Crippen molar-refractivity contribution in [1.29, 1.82) is 0 Å². The second-order valence-corrected chi connectivity index (χ2v) is 9.44. The van der Waals surface area contributed by atoms with Crippen molar-refractivity contribution < 1.29 is 0 Å². The van der Waals surface area contributed by atoms with Crippen LogP contribution in [0.25, 0.3) is 22.4 Å². The lowest BCUT2D eigenvalue weighted by Gasteiger charge is -2.26. The molecule has 162 valence electrons. The van der Waals surface area contributed by atoms with E-state index in [1.807, 2.05) is 18.3 Å². The summed E-state index contributed by atoms with van der Waals surface area (Å²) in [6.07, 6.45) is 2.93. The summed E-state index contributed by atoms with van der Waals surface area (Å²) in [6, 6.07) is 16.2. The molecule has 3 heterocycles. The van der Waals surface area contributed by atoms with E-state index in [9.17, 15) is 0 Å². The molecule has 1 aliphatic carbocycles. The zero-order valence-corrected chi connectivity index (χ0v) is 18.8. The van der Waals surface area contributed by atoms with Gasteiger partial charge in [0, 0.05) is 30.6 Å². The van der Waals surface area contributed by atoms with Gasteiger partial charge in [-0.2, -0.15) is 5.10 Å². The molecular formula is C24H22Cl2N6. The second-order valence-electron chi connectivity index (χ2n) is 8.66. The third-order valence-electron chi connectivity index (χ3n) is 7.27. The molecule has 6 rings (SSSR count). The van der Waals surface area contributed by atoms with E-state index in [1.165, 1.54) is 5.56 Å². The van der Waals surface area contributed by atoms with Gasteiger partial charge in [0.05, 0.1) is 21.9 Å². The Balaban J connectivity index is 1.30. The third-order valence-corrected chi connectivity index (χ3v) is 8.09. The molecule has 3 N–H and O–H groups in total. The number of hydrogen-bond acceptors (Lipinski definition) is 5. The monoisotopic (exact) mass is 464 g/mol. The molecule has 0 spiro atoms. The molecule has 0 bridgehead atoms. The summed E-state index contributed by atoms with van der Waals surface area (Å²) in [6.45, 7) is 2.54. The van der Waals surface area contributed by atoms with Crippen LogP contribution in [0.5, 0.6) is 0 Å². The maximum atomic E-state index is 6.40. The van der Waals surface area contributed by atoms with Crippen molar-refractivity contribution in [1.82, 2.24) is 20.2 Å². The Hall–Kier alpha value is -2.67. The van der Waals surface area contributed by atoms with Gasteiger partial charge < -0.3 is 10.6 Å². The minimum absolute atomic E-state index is 0.0797. The van der Waals surface area contributed by atoms with E-state index >= 15 is 0 Å². The van der Waals surface area contributed by atoms with E-state index in [2.05, 4.69) is 45.4 Å². The van der Waals surface area contributed by atoms with Crippen LogP contribution < -0.4 is 10.6 Å². The molecule has 1 saturated heterocycles. The average Bonchev–Trinajstić information content (AvgIpc) is 3.31. The SMILES string of the molecule is NC[C@]1(c2ccccc2)[C@@H]2CCN(c3cnc4c(-c5cccc(Cl)c5Cl)[nH]nc4n3)C[C@@H]21. The molecular weight excluding hydrogens is 443 g/mol. The first-order chi connectivity index (χ1) is 15.6. The van der Waals surface area contributed by atoms with Gasteiger partial charge in [-0.25, -0.2) is 9.97 Å². The van der Waals surface area contributed by atoms with Crippen molar-refractivity contribution in [3.63, 3.8) is 0 Å². The standard InChI is InChI=1S/C24H22Cl2N6/c25-18-8-4-7-15(20(18)26)21-22-23(31-30-21)29-19(11-28-22)32-10-9-16-17(12-32)24(16,13-27)14-5-2-1-3-6-14/h1-8,11,16-17H,9-10,12-13,27H2,(H,29,30,31)/t16-,17+,24+/m1/s1. The van der Waals surface area contributed by atoms with Gasteiger partial charge in [0.1, 0.15) is 11.3 Å². The zero-order chi connectivity index (χ0) is 21.9. The lowest BCUT2D eigenvalue weighted by atomic mass is 9.91. The number of nitrogens with two attached hydrogens (primary N) is 1. The van der Waals surface area contributed by atoms with Crippen LogP contribution in [0, 0.1) is 11.8 Å². The highest BCUT2D eigenvalue weighted by molar-refractivity contribution is 6.43. The van der Waals surface area contributed by atoms with Crippen LogP contribution in [0.1, 0.15) is 12.0 Å². The van der Waals surface area contributed by atoms with Gasteiger partial charge in [-0.15, -0.1) is 0 Å². The van der Waals surface area contributed by atoms with E-state index in [0.717, 1.165) is 36.6 Å². The van der Waals surface area contributed by atoms with E-state index in [0.29, 0.717) is 39.6 Å². The number of nitrogens with zero attached hydrogens (tertiary/aromatic N) is 4. The first-order valence-corrected chi connectivity index (χ1v) is 11.5. The Morgan fingerprint density at radius 2 is 1.94 bits per heavy atom. The first-order valence-electron chi connectivity index (χ1n) is 10.8. The Kier molecular flexibility index (Phi) is 4.64. The van der Waals surface area contributed by atoms with Gasteiger partial charge in [0.15, 0.2) is 0 Å². The first kappa shape index (κ1) is 20.0. The molecule has 2 aromatic carbocycles. The fourth-order valence-electron chi connectivity index (χ4n) is 5.61. The number of H-pyrrole nitrogens is 1. The van der Waals surface area contributed by atoms with Crippen LogP contribution >= 0.6 is 23.2 Å². The number of aromatic amines is 1. The van der Waals surface area contributed by atoms with Crippen molar-refractivity contribution in [2.24, 2.45) is 17.6 Å². The number of nitrogens with one attached hydrogen (secondary N) is 1. The predicted molar refractivity (Wildman–Crippen MR) is 128 cm³/mol. The van der Waals surface area contributed by atoms with E-state index in [1.54, 1.807) is 6.07 Å². The molecule has 2 fully saturated rings. The number of benzene rings is 2. The van der Waals surface area contributed by atoms with E-state index < -0.39 is 0 Å². The normalized spacial score (nSPS) is 24.5. The van der Waals surface area contributed by atoms with Gasteiger partial charge in [0.25, 0.3) is 0 Å². The number of halogens is 2. The molecule has 32 heavy (non-hydrogen) atoms. The molecule has 6 nitrogen and oxygen atoms in total. The smallest absolute Gasteiger partial charge is 0.202 e. The molecule has 3 atom stereocenters. The number of fused-ring (bicyclic) bond motifs is 2. The summed E-state index contributed by atoms with van der Waals surface area (Å²) in [5, 5.41) is 8.40. The largest absolute Gasteiger partial charge is 0.355 e. The predicted octanol–water partition coefficient (Wildman–Crippen LogP) is 4.68. The number of hydrogen-bond donors (Lipinski definition) is 2. The zero-order valence-electron chi connectivity index (χ0n) is 17.3. The van der Waals surface area contributed by atoms with Crippen molar-refractivity contribution >= 4 is 40.2 Å². The highest BCUT2D eigenvalue weighted by atomic mass is 35.5. The quantitative estimate of drug-likeness (QED) is 0.457. The average molecular weight is 465 g/mol. The van der Waals surface area contributed by atoms with Gasteiger partial charge >= 0.3 is 0 Å². The van der Waals surface area contributed by atoms with Crippen molar-refractivity contribution in [3.8, 4) is 11.3 Å².